The quantitative estimate of drug-likeness (QED) is 0.586. The van der Waals surface area contributed by atoms with Gasteiger partial charge in [-0.25, -0.2) is 0 Å². The summed E-state index contributed by atoms with van der Waals surface area (Å²) in [4.78, 5) is 12.9. The van der Waals surface area contributed by atoms with Gasteiger partial charge in [-0.1, -0.05) is 6.07 Å². The highest BCUT2D eigenvalue weighted by Crippen LogP contribution is 2.30. The van der Waals surface area contributed by atoms with Crippen molar-refractivity contribution in [2.24, 2.45) is 11.7 Å². The molecular weight excluding hydrogens is 274 g/mol. The number of benzene rings is 1. The van der Waals surface area contributed by atoms with E-state index < -0.39 is 0 Å². The maximum Gasteiger partial charge on any atom is 0.292 e. The van der Waals surface area contributed by atoms with Crippen LogP contribution in [0, 0.1) is 16.0 Å². The molecule has 21 heavy (non-hydrogen) atoms. The Kier molecular flexibility index (Phi) is 5.49. The number of nitrogens with two attached hydrogens (primary N) is 1. The van der Waals surface area contributed by atoms with E-state index in [0.29, 0.717) is 45.0 Å². The van der Waals surface area contributed by atoms with E-state index in [2.05, 4.69) is 0 Å². The van der Waals surface area contributed by atoms with E-state index in [4.69, 9.17) is 10.5 Å². The van der Waals surface area contributed by atoms with E-state index in [0.717, 1.165) is 5.56 Å². The number of morpholine rings is 1. The summed E-state index contributed by atoms with van der Waals surface area (Å²) in [6, 6.07) is 5.24. The van der Waals surface area contributed by atoms with Crippen LogP contribution >= 0.6 is 0 Å². The minimum Gasteiger partial charge on any atom is -0.396 e. The summed E-state index contributed by atoms with van der Waals surface area (Å²) in [5.41, 5.74) is 7.11. The highest BCUT2D eigenvalue weighted by molar-refractivity contribution is 5.64. The molecule has 0 bridgehead atoms. The van der Waals surface area contributed by atoms with Crippen molar-refractivity contribution >= 4 is 11.4 Å². The van der Waals surface area contributed by atoms with Crippen LogP contribution in [-0.4, -0.2) is 49.5 Å². The van der Waals surface area contributed by atoms with Crippen LogP contribution < -0.4 is 10.6 Å². The molecule has 7 heteroatoms. The van der Waals surface area contributed by atoms with E-state index in [1.165, 1.54) is 0 Å². The van der Waals surface area contributed by atoms with Crippen molar-refractivity contribution in [1.82, 2.24) is 0 Å². The molecule has 0 radical (unpaired) electrons. The van der Waals surface area contributed by atoms with Gasteiger partial charge in [-0.05, 0) is 30.5 Å². The van der Waals surface area contributed by atoms with Crippen LogP contribution in [0.15, 0.2) is 18.2 Å². The second kappa shape index (κ2) is 7.35. The van der Waals surface area contributed by atoms with Gasteiger partial charge in [-0.15, -0.1) is 0 Å². The largest absolute Gasteiger partial charge is 0.396 e. The Hall–Kier alpha value is -1.70. The van der Waals surface area contributed by atoms with Crippen LogP contribution in [-0.2, 0) is 11.2 Å². The summed E-state index contributed by atoms with van der Waals surface area (Å²) in [5.74, 6) is -0.0705. The third-order valence-electron chi connectivity index (χ3n) is 3.70. The van der Waals surface area contributed by atoms with Crippen molar-refractivity contribution in [3.05, 3.63) is 33.9 Å². The summed E-state index contributed by atoms with van der Waals surface area (Å²) in [5, 5.41) is 20.5. The topological polar surface area (TPSA) is 102 Å². The molecule has 0 amide bonds. The highest BCUT2D eigenvalue weighted by Gasteiger charge is 2.22. The van der Waals surface area contributed by atoms with Crippen molar-refractivity contribution in [3.8, 4) is 0 Å². The van der Waals surface area contributed by atoms with Crippen molar-refractivity contribution in [3.63, 3.8) is 0 Å². The number of ether oxygens (including phenoxy) is 1. The highest BCUT2D eigenvalue weighted by atomic mass is 16.6. The lowest BCUT2D eigenvalue weighted by Gasteiger charge is -2.28. The molecule has 1 atom stereocenters. The Bertz CT molecular complexity index is 485. The van der Waals surface area contributed by atoms with Gasteiger partial charge in [-0.2, -0.15) is 0 Å². The van der Waals surface area contributed by atoms with Gasteiger partial charge in [0.15, 0.2) is 0 Å². The van der Waals surface area contributed by atoms with Crippen molar-refractivity contribution < 1.29 is 14.8 Å². The Balaban J connectivity index is 2.24. The van der Waals surface area contributed by atoms with E-state index in [-0.39, 0.29) is 23.1 Å². The first kappa shape index (κ1) is 15.7. The van der Waals surface area contributed by atoms with Gasteiger partial charge in [0.05, 0.1) is 18.1 Å². The second-order valence-corrected chi connectivity index (χ2v) is 5.17. The SMILES string of the molecule is NCC(CO)Cc1ccc(N2CCOCC2)c([N+](=O)[O-])c1. The first-order chi connectivity index (χ1) is 10.2. The standard InChI is InChI=1S/C14H21N3O4/c15-9-12(10-18)7-11-1-2-13(14(8-11)17(19)20)16-3-5-21-6-4-16/h1-2,8,12,18H,3-7,9-10,15H2. The van der Waals surface area contributed by atoms with E-state index in [1.807, 2.05) is 11.0 Å². The number of nitrogens with zero attached hydrogens (tertiary/aromatic N) is 2. The molecule has 3 N–H and O–H groups in total. The molecule has 1 heterocycles. The van der Waals surface area contributed by atoms with Crippen molar-refractivity contribution in [2.75, 3.05) is 44.4 Å². The summed E-state index contributed by atoms with van der Waals surface area (Å²) in [7, 11) is 0. The van der Waals surface area contributed by atoms with Gasteiger partial charge in [-0.3, -0.25) is 10.1 Å². The Labute approximate surface area is 123 Å². The minimum atomic E-state index is -0.356. The van der Waals surface area contributed by atoms with Crippen LogP contribution in [0.4, 0.5) is 11.4 Å². The van der Waals surface area contributed by atoms with Gasteiger partial charge in [0.1, 0.15) is 5.69 Å². The summed E-state index contributed by atoms with van der Waals surface area (Å²) < 4.78 is 5.27. The zero-order chi connectivity index (χ0) is 15.2. The van der Waals surface area contributed by atoms with Gasteiger partial charge < -0.3 is 20.5 Å². The normalized spacial score (nSPS) is 16.8. The van der Waals surface area contributed by atoms with Gasteiger partial charge in [0, 0.05) is 25.8 Å². The molecule has 0 aromatic heterocycles. The predicted octanol–water partition coefficient (Wildman–Crippen LogP) is 0.541. The number of nitro groups is 1. The molecule has 1 fully saturated rings. The lowest BCUT2D eigenvalue weighted by Crippen LogP contribution is -2.36. The molecule has 1 aliphatic rings. The van der Waals surface area contributed by atoms with Crippen LogP contribution in [0.25, 0.3) is 0 Å². The second-order valence-electron chi connectivity index (χ2n) is 5.17. The molecular formula is C14H21N3O4. The fourth-order valence-corrected chi connectivity index (χ4v) is 2.47. The Morgan fingerprint density at radius 2 is 2.14 bits per heavy atom. The minimum absolute atomic E-state index is 0.0183. The molecule has 7 nitrogen and oxygen atoms in total. The fourth-order valence-electron chi connectivity index (χ4n) is 2.47. The molecule has 1 aliphatic heterocycles. The maximum absolute atomic E-state index is 11.3. The predicted molar refractivity (Wildman–Crippen MR) is 79.5 cm³/mol. The van der Waals surface area contributed by atoms with E-state index >= 15 is 0 Å². The lowest BCUT2D eigenvalue weighted by atomic mass is 9.99. The fraction of sp³-hybridized carbons (Fsp3) is 0.571. The zero-order valence-corrected chi connectivity index (χ0v) is 11.9. The average molecular weight is 295 g/mol. The number of anilines is 1. The third kappa shape index (κ3) is 3.90. The molecule has 0 spiro atoms. The van der Waals surface area contributed by atoms with E-state index in [1.54, 1.807) is 12.1 Å². The first-order valence-corrected chi connectivity index (χ1v) is 7.06. The number of aliphatic hydroxyl groups excluding tert-OH is 1. The molecule has 1 saturated heterocycles. The maximum atomic E-state index is 11.3. The van der Waals surface area contributed by atoms with Crippen LogP contribution in [0.1, 0.15) is 5.56 Å². The van der Waals surface area contributed by atoms with Crippen LogP contribution in [0.2, 0.25) is 0 Å². The van der Waals surface area contributed by atoms with E-state index in [9.17, 15) is 15.2 Å². The van der Waals surface area contributed by atoms with Crippen LogP contribution in [0.3, 0.4) is 0 Å². The number of rotatable bonds is 6. The van der Waals surface area contributed by atoms with Crippen molar-refractivity contribution in [1.29, 1.82) is 0 Å². The number of nitro benzene ring substituents is 1. The zero-order valence-electron chi connectivity index (χ0n) is 11.9. The molecule has 1 unspecified atom stereocenters. The smallest absolute Gasteiger partial charge is 0.292 e. The van der Waals surface area contributed by atoms with Gasteiger partial charge in [0.2, 0.25) is 0 Å². The number of hydrogen-bond donors (Lipinski definition) is 2. The van der Waals surface area contributed by atoms with Gasteiger partial charge >= 0.3 is 0 Å². The third-order valence-corrected chi connectivity index (χ3v) is 3.70. The summed E-state index contributed by atoms with van der Waals surface area (Å²) >= 11 is 0. The van der Waals surface area contributed by atoms with Crippen LogP contribution in [0.5, 0.6) is 0 Å². The average Bonchev–Trinajstić information content (AvgIpc) is 2.53. The molecule has 0 saturated carbocycles. The number of hydrogen-bond acceptors (Lipinski definition) is 6. The Morgan fingerprint density at radius 1 is 1.43 bits per heavy atom. The molecule has 116 valence electrons. The molecule has 1 aromatic carbocycles. The monoisotopic (exact) mass is 295 g/mol. The summed E-state index contributed by atoms with van der Waals surface area (Å²) in [6.07, 6.45) is 0.539. The summed E-state index contributed by atoms with van der Waals surface area (Å²) in [6.45, 7) is 2.81. The lowest BCUT2D eigenvalue weighted by molar-refractivity contribution is -0.384. The molecule has 1 aromatic rings. The number of aliphatic hydroxyl groups is 1. The van der Waals surface area contributed by atoms with Gasteiger partial charge in [0.25, 0.3) is 5.69 Å². The Morgan fingerprint density at radius 3 is 2.71 bits per heavy atom. The first-order valence-electron chi connectivity index (χ1n) is 7.06. The molecule has 2 rings (SSSR count). The molecule has 0 aliphatic carbocycles. The van der Waals surface area contributed by atoms with Crippen molar-refractivity contribution in [2.45, 2.75) is 6.42 Å².